The van der Waals surface area contributed by atoms with E-state index in [0.717, 1.165) is 0 Å². The van der Waals surface area contributed by atoms with Gasteiger partial charge >= 0.3 is 0 Å². The highest BCUT2D eigenvalue weighted by Crippen LogP contribution is 2.37. The van der Waals surface area contributed by atoms with Crippen LogP contribution in [0.25, 0.3) is 0 Å². The average Bonchev–Trinajstić information content (AvgIpc) is 2.25. The van der Waals surface area contributed by atoms with Gasteiger partial charge in [0.05, 0.1) is 6.61 Å². The van der Waals surface area contributed by atoms with E-state index in [1.807, 2.05) is 0 Å². The second kappa shape index (κ2) is 5.43. The highest BCUT2D eigenvalue weighted by Gasteiger charge is 2.37. The van der Waals surface area contributed by atoms with Gasteiger partial charge in [0.1, 0.15) is 11.9 Å². The largest absolute Gasteiger partial charge is 0.508 e. The van der Waals surface area contributed by atoms with E-state index in [0.29, 0.717) is 5.56 Å². The Morgan fingerprint density at radius 2 is 1.78 bits per heavy atom. The molecule has 1 rings (SSSR count). The first-order chi connectivity index (χ1) is 8.15. The number of phenolic OH excluding ortho intramolecular Hbond substituents is 1. The lowest BCUT2D eigenvalue weighted by molar-refractivity contribution is 0.0982. The van der Waals surface area contributed by atoms with Crippen molar-refractivity contribution in [1.82, 2.24) is 0 Å². The topological polar surface area (TPSA) is 49.7 Å². The van der Waals surface area contributed by atoms with Crippen LogP contribution < -0.4 is 0 Å². The van der Waals surface area contributed by atoms with Gasteiger partial charge in [0.25, 0.3) is 0 Å². The van der Waals surface area contributed by atoms with Crippen molar-refractivity contribution in [3.8, 4) is 5.75 Å². The fourth-order valence-corrected chi connectivity index (χ4v) is 2.37. The molecule has 2 N–H and O–H groups in total. The maximum absolute atomic E-state index is 10.1. The third kappa shape index (κ3) is 3.57. The molecule has 1 aromatic rings. The number of para-hydroxylation sites is 1. The van der Waals surface area contributed by atoms with Crippen LogP contribution in [0.4, 0.5) is 0 Å². The molecule has 1 atom stereocenters. The van der Waals surface area contributed by atoms with Gasteiger partial charge in [0.15, 0.2) is 8.32 Å². The molecule has 4 heteroatoms. The van der Waals surface area contributed by atoms with Crippen LogP contribution in [0.5, 0.6) is 5.75 Å². The number of benzene rings is 1. The lowest BCUT2D eigenvalue weighted by Crippen LogP contribution is -2.41. The minimum Gasteiger partial charge on any atom is -0.508 e. The molecule has 0 saturated carbocycles. The molecule has 18 heavy (non-hydrogen) atoms. The van der Waals surface area contributed by atoms with Crippen molar-refractivity contribution in [1.29, 1.82) is 0 Å². The molecule has 0 spiro atoms. The van der Waals surface area contributed by atoms with E-state index in [1.165, 1.54) is 0 Å². The van der Waals surface area contributed by atoms with Crippen LogP contribution in [0.2, 0.25) is 18.1 Å². The molecule has 0 saturated heterocycles. The van der Waals surface area contributed by atoms with Crippen molar-refractivity contribution in [2.75, 3.05) is 6.61 Å². The van der Waals surface area contributed by atoms with Crippen molar-refractivity contribution in [3.05, 3.63) is 29.8 Å². The number of hydrogen-bond donors (Lipinski definition) is 2. The van der Waals surface area contributed by atoms with Gasteiger partial charge in [-0.15, -0.1) is 0 Å². The Morgan fingerprint density at radius 3 is 2.28 bits per heavy atom. The first-order valence-corrected chi connectivity index (χ1v) is 9.16. The van der Waals surface area contributed by atoms with E-state index >= 15 is 0 Å². The molecule has 0 radical (unpaired) electrons. The number of aliphatic hydroxyl groups is 1. The van der Waals surface area contributed by atoms with Gasteiger partial charge in [-0.25, -0.2) is 0 Å². The van der Waals surface area contributed by atoms with Crippen molar-refractivity contribution in [2.45, 2.75) is 45.0 Å². The van der Waals surface area contributed by atoms with Crippen LogP contribution in [0.15, 0.2) is 24.3 Å². The Hall–Kier alpha value is -0.843. The van der Waals surface area contributed by atoms with Gasteiger partial charge in [-0.1, -0.05) is 39.0 Å². The average molecular weight is 268 g/mol. The van der Waals surface area contributed by atoms with Crippen LogP contribution >= 0.6 is 0 Å². The van der Waals surface area contributed by atoms with Gasteiger partial charge in [0.2, 0.25) is 0 Å². The van der Waals surface area contributed by atoms with Crippen LogP contribution in [0, 0.1) is 0 Å². The Labute approximate surface area is 111 Å². The lowest BCUT2D eigenvalue weighted by Gasteiger charge is -2.36. The standard InChI is InChI=1S/C14H24O3Si/c1-14(2,3)18(4,5)17-10-13(16)11-8-6-7-9-12(11)15/h6-9,13,15-16H,10H2,1-5H3/t13-/m0/s1. The number of rotatable bonds is 4. The maximum Gasteiger partial charge on any atom is 0.192 e. The van der Waals surface area contributed by atoms with Gasteiger partial charge in [0, 0.05) is 5.56 Å². The van der Waals surface area contributed by atoms with Gasteiger partial charge in [-0.05, 0) is 24.2 Å². The van der Waals surface area contributed by atoms with E-state index in [2.05, 4.69) is 33.9 Å². The van der Waals surface area contributed by atoms with Gasteiger partial charge in [-0.3, -0.25) is 0 Å². The zero-order valence-corrected chi connectivity index (χ0v) is 12.9. The summed E-state index contributed by atoms with van der Waals surface area (Å²) in [6, 6.07) is 6.82. The fraction of sp³-hybridized carbons (Fsp3) is 0.571. The summed E-state index contributed by atoms with van der Waals surface area (Å²) < 4.78 is 5.94. The minimum atomic E-state index is -1.86. The highest BCUT2D eigenvalue weighted by molar-refractivity contribution is 6.74. The molecule has 0 unspecified atom stereocenters. The first-order valence-electron chi connectivity index (χ1n) is 6.25. The normalized spacial score (nSPS) is 14.6. The van der Waals surface area contributed by atoms with Crippen molar-refractivity contribution in [3.63, 3.8) is 0 Å². The summed E-state index contributed by atoms with van der Waals surface area (Å²) in [5.41, 5.74) is 0.524. The zero-order chi connectivity index (χ0) is 14.0. The van der Waals surface area contributed by atoms with Crippen LogP contribution in [-0.4, -0.2) is 25.1 Å². The molecule has 102 valence electrons. The molecule has 3 nitrogen and oxygen atoms in total. The molecule has 0 aliphatic carbocycles. The molecule has 0 aliphatic heterocycles. The first kappa shape index (κ1) is 15.2. The van der Waals surface area contributed by atoms with Crippen LogP contribution in [0.1, 0.15) is 32.4 Å². The number of phenols is 1. The maximum atomic E-state index is 10.1. The summed E-state index contributed by atoms with van der Waals surface area (Å²) >= 11 is 0. The van der Waals surface area contributed by atoms with Gasteiger partial charge in [-0.2, -0.15) is 0 Å². The zero-order valence-electron chi connectivity index (χ0n) is 11.9. The lowest BCUT2D eigenvalue weighted by atomic mass is 10.1. The van der Waals surface area contributed by atoms with Crippen LogP contribution in [0.3, 0.4) is 0 Å². The molecule has 0 aliphatic rings. The smallest absolute Gasteiger partial charge is 0.192 e. The second-order valence-electron chi connectivity index (χ2n) is 6.15. The Morgan fingerprint density at radius 1 is 1.22 bits per heavy atom. The van der Waals surface area contributed by atoms with E-state index in [-0.39, 0.29) is 17.4 Å². The van der Waals surface area contributed by atoms with Gasteiger partial charge < -0.3 is 14.6 Å². The monoisotopic (exact) mass is 268 g/mol. The highest BCUT2D eigenvalue weighted by atomic mass is 28.4. The summed E-state index contributed by atoms with van der Waals surface area (Å²) in [5, 5.41) is 19.9. The summed E-state index contributed by atoms with van der Waals surface area (Å²) in [7, 11) is -1.86. The van der Waals surface area contributed by atoms with E-state index in [4.69, 9.17) is 4.43 Å². The molecule has 0 aromatic heterocycles. The third-order valence-corrected chi connectivity index (χ3v) is 8.20. The predicted octanol–water partition coefficient (Wildman–Crippen LogP) is 3.45. The minimum absolute atomic E-state index is 0.115. The summed E-state index contributed by atoms with van der Waals surface area (Å²) in [5.74, 6) is 0.115. The summed E-state index contributed by atoms with van der Waals surface area (Å²) in [6.07, 6.45) is -0.777. The Bertz CT molecular complexity index is 396. The number of hydrogen-bond acceptors (Lipinski definition) is 3. The molecular formula is C14H24O3Si. The predicted molar refractivity (Wildman–Crippen MR) is 76.2 cm³/mol. The summed E-state index contributed by atoms with van der Waals surface area (Å²) in [4.78, 5) is 0. The van der Waals surface area contributed by atoms with E-state index in [9.17, 15) is 10.2 Å². The van der Waals surface area contributed by atoms with Crippen LogP contribution in [-0.2, 0) is 4.43 Å². The number of aliphatic hydroxyl groups excluding tert-OH is 1. The van der Waals surface area contributed by atoms with E-state index in [1.54, 1.807) is 24.3 Å². The molecule has 0 amide bonds. The van der Waals surface area contributed by atoms with Crippen molar-refractivity contribution >= 4 is 8.32 Å². The summed E-state index contributed by atoms with van der Waals surface area (Å²) in [6.45, 7) is 11.0. The fourth-order valence-electron chi connectivity index (χ4n) is 1.36. The van der Waals surface area contributed by atoms with Crippen molar-refractivity contribution in [2.24, 2.45) is 0 Å². The molecular weight excluding hydrogens is 244 g/mol. The number of aromatic hydroxyl groups is 1. The second-order valence-corrected chi connectivity index (χ2v) is 11.0. The SMILES string of the molecule is CC(C)(C)[Si](C)(C)OC[C@H](O)c1ccccc1O. The Kier molecular flexibility index (Phi) is 4.59. The third-order valence-electron chi connectivity index (χ3n) is 3.70. The Balaban J connectivity index is 2.68. The molecule has 1 aromatic carbocycles. The molecule has 0 bridgehead atoms. The molecule has 0 heterocycles. The quantitative estimate of drug-likeness (QED) is 0.822. The van der Waals surface area contributed by atoms with Crippen molar-refractivity contribution < 1.29 is 14.6 Å². The van der Waals surface area contributed by atoms with E-state index < -0.39 is 14.4 Å². The molecule has 0 fully saturated rings.